The van der Waals surface area contributed by atoms with Crippen molar-refractivity contribution in [2.75, 3.05) is 33.4 Å². The first-order chi connectivity index (χ1) is 18.2. The van der Waals surface area contributed by atoms with Gasteiger partial charge in [0.1, 0.15) is 18.3 Å². The molecule has 0 radical (unpaired) electrons. The molecule has 11 heteroatoms. The summed E-state index contributed by atoms with van der Waals surface area (Å²) in [6.45, 7) is 4.75. The maximum atomic E-state index is 13.6. The van der Waals surface area contributed by atoms with E-state index in [4.69, 9.17) is 14.2 Å². The van der Waals surface area contributed by atoms with Crippen molar-refractivity contribution in [2.45, 2.75) is 70.5 Å². The highest BCUT2D eigenvalue weighted by Gasteiger charge is 2.42. The number of amides is 2. The third-order valence-electron chi connectivity index (χ3n) is 6.78. The van der Waals surface area contributed by atoms with Gasteiger partial charge in [-0.25, -0.2) is 0 Å². The lowest BCUT2D eigenvalue weighted by atomic mass is 9.87. The molecule has 3 rings (SSSR count). The predicted molar refractivity (Wildman–Crippen MR) is 149 cm³/mol. The Bertz CT molecular complexity index is 996. The number of nitrogens with one attached hydrogen (secondary N) is 1. The number of hydrogen-bond donors (Lipinski definition) is 4. The van der Waals surface area contributed by atoms with Gasteiger partial charge in [-0.15, -0.1) is 0 Å². The standard InChI is InChI=1S/C27H39IN2O8/c1-16(2)6-8-30(27(35)21-5-4-10-37-21)20-13-18(26(34)29-7-9-31)14-22(24(20)33)38-25-19(28)11-17(15-32)12-23(25)36-3/h11-12,14,16,20-22,24,31-33H,4-10,13,15H2,1-3H3,(H,29,34). The van der Waals surface area contributed by atoms with Crippen molar-refractivity contribution >= 4 is 34.4 Å². The summed E-state index contributed by atoms with van der Waals surface area (Å²) in [7, 11) is 1.48. The number of halogens is 1. The quantitative estimate of drug-likeness (QED) is 0.252. The van der Waals surface area contributed by atoms with E-state index in [0.29, 0.717) is 51.7 Å². The number of benzene rings is 1. The normalized spacial score (nSPS) is 23.2. The van der Waals surface area contributed by atoms with Crippen molar-refractivity contribution < 1.29 is 39.1 Å². The Morgan fingerprint density at radius 3 is 2.66 bits per heavy atom. The molecule has 4 unspecified atom stereocenters. The van der Waals surface area contributed by atoms with E-state index in [1.54, 1.807) is 23.1 Å². The highest BCUT2D eigenvalue weighted by Crippen LogP contribution is 2.37. The van der Waals surface area contributed by atoms with E-state index in [1.807, 2.05) is 0 Å². The summed E-state index contributed by atoms with van der Waals surface area (Å²) in [4.78, 5) is 28.2. The number of aliphatic hydroxyl groups excluding tert-OH is 3. The lowest BCUT2D eigenvalue weighted by molar-refractivity contribution is -0.148. The van der Waals surface area contributed by atoms with Gasteiger partial charge in [-0.1, -0.05) is 13.8 Å². The van der Waals surface area contributed by atoms with Gasteiger partial charge >= 0.3 is 0 Å². The van der Waals surface area contributed by atoms with Crippen molar-refractivity contribution in [3.05, 3.63) is 32.9 Å². The Hall–Kier alpha value is -1.93. The molecule has 2 aliphatic rings. The molecule has 0 spiro atoms. The van der Waals surface area contributed by atoms with E-state index in [-0.39, 0.29) is 32.1 Å². The van der Waals surface area contributed by atoms with Crippen LogP contribution in [0.1, 0.15) is 45.1 Å². The molecule has 0 aromatic heterocycles. The zero-order valence-corrected chi connectivity index (χ0v) is 24.3. The highest BCUT2D eigenvalue weighted by atomic mass is 127. The number of aliphatic hydroxyl groups is 3. The number of nitrogens with zero attached hydrogens (tertiary/aromatic N) is 1. The molecule has 1 aromatic carbocycles. The summed E-state index contributed by atoms with van der Waals surface area (Å²) >= 11 is 2.07. The summed E-state index contributed by atoms with van der Waals surface area (Å²) in [6, 6.07) is 2.67. The van der Waals surface area contributed by atoms with Crippen LogP contribution in [0.15, 0.2) is 23.8 Å². The number of rotatable bonds is 12. The monoisotopic (exact) mass is 646 g/mol. The van der Waals surface area contributed by atoms with Crippen LogP contribution in [-0.2, 0) is 20.9 Å². The third kappa shape index (κ3) is 7.59. The predicted octanol–water partition coefficient (Wildman–Crippen LogP) is 1.76. The van der Waals surface area contributed by atoms with Crippen molar-refractivity contribution in [3.63, 3.8) is 0 Å². The van der Waals surface area contributed by atoms with Crippen LogP contribution in [0.3, 0.4) is 0 Å². The first-order valence-corrected chi connectivity index (χ1v) is 14.1. The number of carbonyl (C=O) groups excluding carboxylic acids is 2. The molecule has 1 fully saturated rings. The molecule has 1 heterocycles. The first kappa shape index (κ1) is 30.6. The fourth-order valence-corrected chi connectivity index (χ4v) is 5.48. The second kappa shape index (κ2) is 14.5. The van der Waals surface area contributed by atoms with E-state index in [0.717, 1.165) is 12.8 Å². The van der Waals surface area contributed by atoms with Gasteiger partial charge in [0.2, 0.25) is 5.91 Å². The van der Waals surface area contributed by atoms with E-state index in [1.165, 1.54) is 7.11 Å². The largest absolute Gasteiger partial charge is 0.493 e. The van der Waals surface area contributed by atoms with Gasteiger partial charge in [-0.3, -0.25) is 9.59 Å². The van der Waals surface area contributed by atoms with E-state index < -0.39 is 30.3 Å². The van der Waals surface area contributed by atoms with Crippen molar-refractivity contribution in [3.8, 4) is 11.5 Å². The Labute approximate surface area is 237 Å². The van der Waals surface area contributed by atoms with E-state index in [9.17, 15) is 24.9 Å². The Kier molecular flexibility index (Phi) is 11.6. The molecule has 10 nitrogen and oxygen atoms in total. The van der Waals surface area contributed by atoms with Crippen LogP contribution < -0.4 is 14.8 Å². The molecular formula is C27H39IN2O8. The Balaban J connectivity index is 1.99. The zero-order chi connectivity index (χ0) is 27.8. The fourth-order valence-electron chi connectivity index (χ4n) is 4.69. The topological polar surface area (TPSA) is 138 Å². The second-order valence-corrected chi connectivity index (χ2v) is 11.2. The van der Waals surface area contributed by atoms with Gasteiger partial charge < -0.3 is 39.7 Å². The van der Waals surface area contributed by atoms with Crippen LogP contribution >= 0.6 is 22.6 Å². The van der Waals surface area contributed by atoms with Gasteiger partial charge in [0, 0.05) is 31.7 Å². The summed E-state index contributed by atoms with van der Waals surface area (Å²) < 4.78 is 18.1. The minimum absolute atomic E-state index is 0.0785. The molecular weight excluding hydrogens is 607 g/mol. The molecule has 1 saturated heterocycles. The van der Waals surface area contributed by atoms with Crippen LogP contribution in [0, 0.1) is 9.49 Å². The molecule has 1 aliphatic carbocycles. The number of methoxy groups -OCH3 is 1. The Morgan fingerprint density at radius 1 is 1.29 bits per heavy atom. The minimum atomic E-state index is -1.14. The lowest BCUT2D eigenvalue weighted by Gasteiger charge is -2.41. The lowest BCUT2D eigenvalue weighted by Crippen LogP contribution is -2.57. The summed E-state index contributed by atoms with van der Waals surface area (Å²) in [5, 5.41) is 33.0. The van der Waals surface area contributed by atoms with E-state index in [2.05, 4.69) is 41.8 Å². The number of ether oxygens (including phenoxy) is 3. The van der Waals surface area contributed by atoms with Crippen LogP contribution in [0.5, 0.6) is 11.5 Å². The molecule has 1 aromatic rings. The van der Waals surface area contributed by atoms with Crippen LogP contribution in [0.25, 0.3) is 0 Å². The third-order valence-corrected chi connectivity index (χ3v) is 7.58. The average Bonchev–Trinajstić information content (AvgIpc) is 3.44. The molecule has 4 N–H and O–H groups in total. The van der Waals surface area contributed by atoms with Crippen molar-refractivity contribution in [1.82, 2.24) is 10.2 Å². The molecule has 4 atom stereocenters. The smallest absolute Gasteiger partial charge is 0.252 e. The number of carbonyl (C=O) groups is 2. The van der Waals surface area contributed by atoms with Crippen LogP contribution in [-0.4, -0.2) is 89.8 Å². The van der Waals surface area contributed by atoms with Gasteiger partial charge in [0.15, 0.2) is 11.5 Å². The van der Waals surface area contributed by atoms with E-state index >= 15 is 0 Å². The molecule has 212 valence electrons. The summed E-state index contributed by atoms with van der Waals surface area (Å²) in [6.07, 6.45) is 1.16. The zero-order valence-electron chi connectivity index (χ0n) is 22.2. The van der Waals surface area contributed by atoms with Gasteiger partial charge in [-0.2, -0.15) is 0 Å². The SMILES string of the molecule is COc1cc(CO)cc(I)c1OC1C=C(C(=O)NCCO)CC(N(CCC(C)C)C(=O)C2CCCO2)C1O. The van der Waals surface area contributed by atoms with Crippen LogP contribution in [0.4, 0.5) is 0 Å². The average molecular weight is 647 g/mol. The highest BCUT2D eigenvalue weighted by molar-refractivity contribution is 14.1. The molecule has 38 heavy (non-hydrogen) atoms. The maximum Gasteiger partial charge on any atom is 0.252 e. The van der Waals surface area contributed by atoms with Gasteiger partial charge in [0.25, 0.3) is 5.91 Å². The molecule has 1 aliphatic heterocycles. The Morgan fingerprint density at radius 2 is 2.05 bits per heavy atom. The molecule has 2 amide bonds. The van der Waals surface area contributed by atoms with Gasteiger partial charge in [0.05, 0.1) is 29.9 Å². The molecule has 0 bridgehead atoms. The second-order valence-electron chi connectivity index (χ2n) is 10.00. The maximum absolute atomic E-state index is 13.6. The summed E-state index contributed by atoms with van der Waals surface area (Å²) in [5.41, 5.74) is 0.997. The van der Waals surface area contributed by atoms with Crippen molar-refractivity contribution in [1.29, 1.82) is 0 Å². The summed E-state index contributed by atoms with van der Waals surface area (Å²) in [5.74, 6) is 0.474. The van der Waals surface area contributed by atoms with Gasteiger partial charge in [-0.05, 0) is 71.5 Å². The first-order valence-electron chi connectivity index (χ1n) is 13.0. The fraction of sp³-hybridized carbons (Fsp3) is 0.630. The minimum Gasteiger partial charge on any atom is -0.493 e. The van der Waals surface area contributed by atoms with Crippen molar-refractivity contribution in [2.24, 2.45) is 5.92 Å². The number of hydrogen-bond acceptors (Lipinski definition) is 8. The van der Waals surface area contributed by atoms with Crippen LogP contribution in [0.2, 0.25) is 0 Å². The molecule has 0 saturated carbocycles.